The molecule has 0 bridgehead atoms. The number of aromatic nitrogens is 3. The molecule has 33 heavy (non-hydrogen) atoms. The molecule has 1 atom stereocenters. The summed E-state index contributed by atoms with van der Waals surface area (Å²) < 4.78 is 4.30. The first-order valence-electron chi connectivity index (χ1n) is 11.5. The van der Waals surface area contributed by atoms with E-state index in [1.807, 2.05) is 28.8 Å². The summed E-state index contributed by atoms with van der Waals surface area (Å²) in [5.74, 6) is -0.174. The van der Waals surface area contributed by atoms with E-state index in [0.717, 1.165) is 30.5 Å². The predicted molar refractivity (Wildman–Crippen MR) is 134 cm³/mol. The average molecular weight is 440 g/mol. The predicted octanol–water partition coefficient (Wildman–Crippen LogP) is 4.83. The van der Waals surface area contributed by atoms with Gasteiger partial charge in [-0.1, -0.05) is 36.4 Å². The van der Waals surface area contributed by atoms with Gasteiger partial charge in [-0.15, -0.1) is 0 Å². The van der Waals surface area contributed by atoms with E-state index in [9.17, 15) is 4.79 Å². The number of amides is 1. The highest BCUT2D eigenvalue weighted by molar-refractivity contribution is 6.08. The van der Waals surface area contributed by atoms with Crippen molar-refractivity contribution >= 4 is 38.7 Å². The van der Waals surface area contributed by atoms with Gasteiger partial charge in [-0.25, -0.2) is 4.98 Å². The Bertz CT molecular complexity index is 1460. The van der Waals surface area contributed by atoms with E-state index in [0.29, 0.717) is 12.4 Å². The summed E-state index contributed by atoms with van der Waals surface area (Å²) in [6.07, 6.45) is 0.859. The highest BCUT2D eigenvalue weighted by Crippen LogP contribution is 2.29. The number of imidazole rings is 1. The fourth-order valence-corrected chi connectivity index (χ4v) is 4.76. The second-order valence-electron chi connectivity index (χ2n) is 8.62. The molecule has 0 spiro atoms. The molecule has 3 aromatic carbocycles. The Kier molecular flexibility index (Phi) is 5.60. The minimum Gasteiger partial charge on any atom is -0.363 e. The Morgan fingerprint density at radius 3 is 2.48 bits per heavy atom. The number of fused-ring (bicyclic) bond motifs is 4. The number of nitrogens with zero attached hydrogens (tertiary/aromatic N) is 3. The van der Waals surface area contributed by atoms with Crippen molar-refractivity contribution in [2.45, 2.75) is 45.9 Å². The minimum absolute atomic E-state index is 0.263. The topological polar surface area (TPSA) is 77.9 Å². The number of nitrogens with two attached hydrogens (primary N) is 1. The highest BCUT2D eigenvalue weighted by atomic mass is 16.1. The molecule has 0 saturated carbocycles. The molecule has 6 heteroatoms. The highest BCUT2D eigenvalue weighted by Gasteiger charge is 2.16. The standard InChI is InChI=1S/C27H29N5O/c1-3-31-23-10-6-4-8-20(23)21-16-19(12-13-24(21)31)17-29-18(2)14-15-32-25-11-7-5-9-22(25)30-27(32)26(28)33/h4-13,16,18,29H,3,14-15,17H2,1-2H3,(H2,28,33). The monoisotopic (exact) mass is 439 g/mol. The lowest BCUT2D eigenvalue weighted by molar-refractivity contribution is 0.0986. The molecule has 2 heterocycles. The molecule has 0 aliphatic heterocycles. The molecular weight excluding hydrogens is 410 g/mol. The van der Waals surface area contributed by atoms with Crippen LogP contribution in [0.4, 0.5) is 0 Å². The Labute approximate surface area is 193 Å². The Balaban J connectivity index is 1.30. The smallest absolute Gasteiger partial charge is 0.284 e. The Hall–Kier alpha value is -3.64. The van der Waals surface area contributed by atoms with E-state index in [2.05, 4.69) is 71.2 Å². The van der Waals surface area contributed by atoms with Gasteiger partial charge in [-0.2, -0.15) is 0 Å². The molecule has 0 saturated heterocycles. The minimum atomic E-state index is -0.494. The first-order valence-corrected chi connectivity index (χ1v) is 11.5. The zero-order valence-corrected chi connectivity index (χ0v) is 19.1. The fourth-order valence-electron chi connectivity index (χ4n) is 4.76. The quantitative estimate of drug-likeness (QED) is 0.363. The third kappa shape index (κ3) is 3.87. The van der Waals surface area contributed by atoms with Crippen LogP contribution in [0, 0.1) is 0 Å². The van der Waals surface area contributed by atoms with Gasteiger partial charge in [-0.05, 0) is 56.2 Å². The lowest BCUT2D eigenvalue weighted by atomic mass is 10.1. The van der Waals surface area contributed by atoms with Crippen LogP contribution in [0.1, 0.15) is 36.5 Å². The lowest BCUT2D eigenvalue weighted by Crippen LogP contribution is -2.27. The maximum absolute atomic E-state index is 11.9. The Morgan fingerprint density at radius 2 is 1.70 bits per heavy atom. The van der Waals surface area contributed by atoms with Gasteiger partial charge < -0.3 is 20.2 Å². The summed E-state index contributed by atoms with van der Waals surface area (Å²) in [6.45, 7) is 6.78. The summed E-state index contributed by atoms with van der Waals surface area (Å²) in [7, 11) is 0. The Morgan fingerprint density at radius 1 is 0.970 bits per heavy atom. The van der Waals surface area contributed by atoms with Crippen LogP contribution < -0.4 is 11.1 Å². The molecule has 5 aromatic rings. The third-order valence-corrected chi connectivity index (χ3v) is 6.47. The zero-order valence-electron chi connectivity index (χ0n) is 19.1. The van der Waals surface area contributed by atoms with Crippen molar-refractivity contribution in [3.8, 4) is 0 Å². The summed E-state index contributed by atoms with van der Waals surface area (Å²) >= 11 is 0. The summed E-state index contributed by atoms with van der Waals surface area (Å²) in [6, 6.07) is 23.4. The van der Waals surface area contributed by atoms with Crippen molar-refractivity contribution in [3.05, 3.63) is 78.1 Å². The van der Waals surface area contributed by atoms with E-state index in [4.69, 9.17) is 5.73 Å². The van der Waals surface area contributed by atoms with Crippen LogP contribution in [-0.2, 0) is 19.6 Å². The maximum Gasteiger partial charge on any atom is 0.284 e. The van der Waals surface area contributed by atoms with Crippen LogP contribution in [0.3, 0.4) is 0 Å². The lowest BCUT2D eigenvalue weighted by Gasteiger charge is -2.15. The number of nitrogens with one attached hydrogen (secondary N) is 1. The second kappa shape index (κ2) is 8.71. The van der Waals surface area contributed by atoms with Crippen LogP contribution in [0.15, 0.2) is 66.7 Å². The average Bonchev–Trinajstić information content (AvgIpc) is 3.37. The van der Waals surface area contributed by atoms with Crippen LogP contribution in [-0.4, -0.2) is 26.1 Å². The van der Waals surface area contributed by atoms with Crippen molar-refractivity contribution in [1.82, 2.24) is 19.4 Å². The number of carbonyl (C=O) groups excluding carboxylic acids is 1. The van der Waals surface area contributed by atoms with Gasteiger partial charge in [0.05, 0.1) is 11.0 Å². The van der Waals surface area contributed by atoms with Crippen molar-refractivity contribution in [2.75, 3.05) is 0 Å². The number of para-hydroxylation sites is 3. The van der Waals surface area contributed by atoms with E-state index < -0.39 is 5.91 Å². The number of hydrogen-bond donors (Lipinski definition) is 2. The summed E-state index contributed by atoms with van der Waals surface area (Å²) in [5.41, 5.74) is 11.1. The van der Waals surface area contributed by atoms with Crippen LogP contribution >= 0.6 is 0 Å². The molecular formula is C27H29N5O. The molecule has 168 valence electrons. The van der Waals surface area contributed by atoms with E-state index in [1.54, 1.807) is 0 Å². The number of primary amides is 1. The molecule has 0 aliphatic carbocycles. The number of aryl methyl sites for hydroxylation is 2. The summed E-state index contributed by atoms with van der Waals surface area (Å²) in [5, 5.41) is 6.24. The van der Waals surface area contributed by atoms with E-state index in [-0.39, 0.29) is 6.04 Å². The molecule has 5 rings (SSSR count). The first-order chi connectivity index (χ1) is 16.1. The maximum atomic E-state index is 11.9. The molecule has 3 N–H and O–H groups in total. The summed E-state index contributed by atoms with van der Waals surface area (Å²) in [4.78, 5) is 16.3. The largest absolute Gasteiger partial charge is 0.363 e. The molecule has 0 aliphatic rings. The SMILES string of the molecule is CCn1c2ccccc2c2cc(CNC(C)CCn3c(C(N)=O)nc4ccccc43)ccc21. The molecule has 1 amide bonds. The molecule has 6 nitrogen and oxygen atoms in total. The van der Waals surface area contributed by atoms with Gasteiger partial charge in [0.2, 0.25) is 0 Å². The third-order valence-electron chi connectivity index (χ3n) is 6.47. The van der Waals surface area contributed by atoms with Crippen molar-refractivity contribution in [1.29, 1.82) is 0 Å². The van der Waals surface area contributed by atoms with Gasteiger partial charge in [0.25, 0.3) is 5.91 Å². The molecule has 2 aromatic heterocycles. The van der Waals surface area contributed by atoms with Gasteiger partial charge in [0, 0.05) is 47.5 Å². The normalized spacial score (nSPS) is 12.7. The van der Waals surface area contributed by atoms with E-state index in [1.165, 1.54) is 27.4 Å². The number of benzene rings is 3. The first kappa shape index (κ1) is 21.2. The fraction of sp³-hybridized carbons (Fsp3) is 0.259. The second-order valence-corrected chi connectivity index (χ2v) is 8.62. The number of hydrogen-bond acceptors (Lipinski definition) is 3. The van der Waals surface area contributed by atoms with Crippen molar-refractivity contribution < 1.29 is 4.79 Å². The van der Waals surface area contributed by atoms with Crippen LogP contribution in [0.25, 0.3) is 32.8 Å². The van der Waals surface area contributed by atoms with Crippen molar-refractivity contribution in [3.63, 3.8) is 0 Å². The van der Waals surface area contributed by atoms with Gasteiger partial charge in [-0.3, -0.25) is 4.79 Å². The zero-order chi connectivity index (χ0) is 22.9. The van der Waals surface area contributed by atoms with Crippen LogP contribution in [0.2, 0.25) is 0 Å². The number of rotatable bonds is 8. The van der Waals surface area contributed by atoms with Crippen molar-refractivity contribution in [2.24, 2.45) is 5.73 Å². The van der Waals surface area contributed by atoms with Gasteiger partial charge in [0.15, 0.2) is 5.82 Å². The van der Waals surface area contributed by atoms with Gasteiger partial charge >= 0.3 is 0 Å². The van der Waals surface area contributed by atoms with E-state index >= 15 is 0 Å². The number of carbonyl (C=O) groups is 1. The molecule has 0 fully saturated rings. The van der Waals surface area contributed by atoms with Crippen LogP contribution in [0.5, 0.6) is 0 Å². The van der Waals surface area contributed by atoms with Gasteiger partial charge in [0.1, 0.15) is 0 Å². The molecule has 1 unspecified atom stereocenters. The molecule has 0 radical (unpaired) electrons.